The second-order valence-electron chi connectivity index (χ2n) is 9.46. The van der Waals surface area contributed by atoms with Gasteiger partial charge in [0.05, 0.1) is 28.3 Å². The number of amides is 1. The van der Waals surface area contributed by atoms with E-state index >= 15 is 0 Å². The lowest BCUT2D eigenvalue weighted by Crippen LogP contribution is -2.42. The number of carbonyl (C=O) groups excluding carboxylic acids is 1. The predicted octanol–water partition coefficient (Wildman–Crippen LogP) is 4.99. The highest BCUT2D eigenvalue weighted by Gasteiger charge is 2.37. The van der Waals surface area contributed by atoms with Crippen LogP contribution in [0.25, 0.3) is 0 Å². The van der Waals surface area contributed by atoms with Gasteiger partial charge in [-0.1, -0.05) is 13.8 Å². The van der Waals surface area contributed by atoms with Crippen molar-refractivity contribution in [3.8, 4) is 11.5 Å². The number of sulfonamides is 1. The predicted molar refractivity (Wildman–Crippen MR) is 131 cm³/mol. The van der Waals surface area contributed by atoms with E-state index in [-0.39, 0.29) is 17.4 Å². The van der Waals surface area contributed by atoms with Crippen molar-refractivity contribution in [2.24, 2.45) is 11.3 Å². The van der Waals surface area contributed by atoms with Crippen LogP contribution in [0, 0.1) is 18.3 Å². The highest BCUT2D eigenvalue weighted by atomic mass is 32.2. The molecule has 3 rings (SSSR count). The van der Waals surface area contributed by atoms with Gasteiger partial charge in [-0.3, -0.25) is 9.52 Å². The zero-order valence-electron chi connectivity index (χ0n) is 20.3. The van der Waals surface area contributed by atoms with Crippen molar-refractivity contribution >= 4 is 27.3 Å². The fourth-order valence-electron chi connectivity index (χ4n) is 3.64. The second-order valence-corrected chi connectivity index (χ2v) is 11.1. The Bertz CT molecular complexity index is 1130. The molecule has 2 aromatic carbocycles. The summed E-state index contributed by atoms with van der Waals surface area (Å²) in [4.78, 5) is 15.1. The Hall–Kier alpha value is -2.74. The standard InChI is InChI=1S/C25H34N2O5S/c1-7-31-22-11-9-20(14-18(22)4)33(29,30)26-19-8-10-23-21(15-19)27(13-12-17(2)3)24(28)25(5,6)16-32-23/h8-11,14-15,17,26H,7,12-13,16H2,1-6H3. The van der Waals surface area contributed by atoms with Crippen molar-refractivity contribution in [2.45, 2.75) is 52.9 Å². The third kappa shape index (κ3) is 5.61. The highest BCUT2D eigenvalue weighted by Crippen LogP contribution is 2.39. The largest absolute Gasteiger partial charge is 0.494 e. The van der Waals surface area contributed by atoms with Crippen LogP contribution < -0.4 is 19.1 Å². The summed E-state index contributed by atoms with van der Waals surface area (Å²) in [6, 6.07) is 9.81. The topological polar surface area (TPSA) is 84.9 Å². The number of hydrogen-bond donors (Lipinski definition) is 1. The van der Waals surface area contributed by atoms with Gasteiger partial charge in [0.25, 0.3) is 10.0 Å². The minimum Gasteiger partial charge on any atom is -0.494 e. The Balaban J connectivity index is 1.94. The monoisotopic (exact) mass is 474 g/mol. The number of carbonyl (C=O) groups is 1. The molecule has 0 aliphatic carbocycles. The summed E-state index contributed by atoms with van der Waals surface area (Å²) in [5.74, 6) is 1.60. The van der Waals surface area contributed by atoms with Crippen molar-refractivity contribution in [2.75, 3.05) is 29.4 Å². The summed E-state index contributed by atoms with van der Waals surface area (Å²) in [6.07, 6.45) is 0.822. The molecule has 0 bridgehead atoms. The molecule has 8 heteroatoms. The minimum absolute atomic E-state index is 0.0379. The Morgan fingerprint density at radius 3 is 2.55 bits per heavy atom. The van der Waals surface area contributed by atoms with Crippen LogP contribution in [0.15, 0.2) is 41.3 Å². The van der Waals surface area contributed by atoms with Crippen LogP contribution in [0.5, 0.6) is 11.5 Å². The Kier molecular flexibility index (Phi) is 7.26. The molecule has 180 valence electrons. The van der Waals surface area contributed by atoms with Crippen LogP contribution >= 0.6 is 0 Å². The third-order valence-electron chi connectivity index (χ3n) is 5.60. The normalized spacial score (nSPS) is 15.6. The number of nitrogens with zero attached hydrogens (tertiary/aromatic N) is 1. The second kappa shape index (κ2) is 9.63. The molecule has 0 unspecified atom stereocenters. The molecular formula is C25H34N2O5S. The van der Waals surface area contributed by atoms with Crippen LogP contribution in [-0.4, -0.2) is 34.1 Å². The molecule has 2 aromatic rings. The highest BCUT2D eigenvalue weighted by molar-refractivity contribution is 7.92. The van der Waals surface area contributed by atoms with Gasteiger partial charge in [-0.15, -0.1) is 0 Å². The summed E-state index contributed by atoms with van der Waals surface area (Å²) >= 11 is 0. The van der Waals surface area contributed by atoms with Gasteiger partial charge in [-0.25, -0.2) is 8.42 Å². The van der Waals surface area contributed by atoms with Gasteiger partial charge in [0, 0.05) is 6.54 Å². The first-order valence-corrected chi connectivity index (χ1v) is 12.8. The molecular weight excluding hydrogens is 440 g/mol. The average Bonchev–Trinajstić information content (AvgIpc) is 2.82. The molecule has 1 aliphatic rings. The first kappa shape index (κ1) is 24.9. The fraction of sp³-hybridized carbons (Fsp3) is 0.480. The lowest BCUT2D eigenvalue weighted by Gasteiger charge is -2.28. The van der Waals surface area contributed by atoms with E-state index in [1.807, 2.05) is 27.7 Å². The lowest BCUT2D eigenvalue weighted by molar-refractivity contribution is -0.127. The van der Waals surface area contributed by atoms with Crippen molar-refractivity contribution < 1.29 is 22.7 Å². The Morgan fingerprint density at radius 1 is 1.18 bits per heavy atom. The number of fused-ring (bicyclic) bond motifs is 1. The number of hydrogen-bond acceptors (Lipinski definition) is 5. The SMILES string of the molecule is CCOc1ccc(S(=O)(=O)Nc2ccc3c(c2)N(CCC(C)C)C(=O)C(C)(C)CO3)cc1C. The molecule has 0 saturated heterocycles. The lowest BCUT2D eigenvalue weighted by atomic mass is 9.92. The molecule has 1 aliphatic heterocycles. The van der Waals surface area contributed by atoms with Gasteiger partial charge in [0.2, 0.25) is 5.91 Å². The maximum absolute atomic E-state index is 13.3. The smallest absolute Gasteiger partial charge is 0.261 e. The van der Waals surface area contributed by atoms with E-state index < -0.39 is 15.4 Å². The van der Waals surface area contributed by atoms with E-state index in [1.54, 1.807) is 35.2 Å². The fourth-order valence-corrected chi connectivity index (χ4v) is 4.77. The van der Waals surface area contributed by atoms with Gasteiger partial charge in [-0.2, -0.15) is 0 Å². The first-order chi connectivity index (χ1) is 15.4. The number of nitrogens with one attached hydrogen (secondary N) is 1. The van der Waals surface area contributed by atoms with Crippen LogP contribution in [0.2, 0.25) is 0 Å². The maximum Gasteiger partial charge on any atom is 0.261 e. The van der Waals surface area contributed by atoms with Crippen molar-refractivity contribution in [1.82, 2.24) is 0 Å². The van der Waals surface area contributed by atoms with E-state index in [2.05, 4.69) is 18.6 Å². The van der Waals surface area contributed by atoms with E-state index in [0.717, 1.165) is 12.0 Å². The molecule has 0 aromatic heterocycles. The average molecular weight is 475 g/mol. The molecule has 33 heavy (non-hydrogen) atoms. The number of aryl methyl sites for hydroxylation is 1. The summed E-state index contributed by atoms with van der Waals surface area (Å²) in [5.41, 5.74) is 0.998. The third-order valence-corrected chi connectivity index (χ3v) is 6.98. The van der Waals surface area contributed by atoms with Gasteiger partial charge in [0.1, 0.15) is 18.1 Å². The van der Waals surface area contributed by atoms with Crippen LogP contribution in [0.3, 0.4) is 0 Å². The van der Waals surface area contributed by atoms with Gasteiger partial charge >= 0.3 is 0 Å². The summed E-state index contributed by atoms with van der Waals surface area (Å²) in [5, 5.41) is 0. The molecule has 0 atom stereocenters. The molecule has 1 N–H and O–H groups in total. The molecule has 1 heterocycles. The van der Waals surface area contributed by atoms with E-state index in [4.69, 9.17) is 9.47 Å². The number of ether oxygens (including phenoxy) is 2. The summed E-state index contributed by atoms with van der Waals surface area (Å²) in [6.45, 7) is 12.9. The molecule has 0 fully saturated rings. The first-order valence-electron chi connectivity index (χ1n) is 11.3. The molecule has 1 amide bonds. The molecule has 0 spiro atoms. The van der Waals surface area contributed by atoms with Crippen molar-refractivity contribution in [1.29, 1.82) is 0 Å². The van der Waals surface area contributed by atoms with Gasteiger partial charge in [-0.05, 0) is 82.0 Å². The van der Waals surface area contributed by atoms with Crippen molar-refractivity contribution in [3.63, 3.8) is 0 Å². The molecule has 0 saturated carbocycles. The van der Waals surface area contributed by atoms with E-state index in [0.29, 0.717) is 41.9 Å². The number of rotatable bonds is 8. The molecule has 0 radical (unpaired) electrons. The van der Waals surface area contributed by atoms with Crippen molar-refractivity contribution in [3.05, 3.63) is 42.0 Å². The minimum atomic E-state index is -3.83. The maximum atomic E-state index is 13.3. The molecule has 7 nitrogen and oxygen atoms in total. The van der Waals surface area contributed by atoms with E-state index in [9.17, 15) is 13.2 Å². The quantitative estimate of drug-likeness (QED) is 0.582. The van der Waals surface area contributed by atoms with Gasteiger partial charge in [0.15, 0.2) is 0 Å². The number of anilines is 2. The van der Waals surface area contributed by atoms with Crippen LogP contribution in [-0.2, 0) is 14.8 Å². The zero-order valence-corrected chi connectivity index (χ0v) is 21.1. The van der Waals surface area contributed by atoms with E-state index in [1.165, 1.54) is 6.07 Å². The van der Waals surface area contributed by atoms with Crippen LogP contribution in [0.1, 0.15) is 46.6 Å². The summed E-state index contributed by atoms with van der Waals surface area (Å²) in [7, 11) is -3.83. The Labute approximate surface area is 197 Å². The Morgan fingerprint density at radius 2 is 1.91 bits per heavy atom. The number of benzene rings is 2. The zero-order chi connectivity index (χ0) is 24.4. The van der Waals surface area contributed by atoms with Crippen LogP contribution in [0.4, 0.5) is 11.4 Å². The van der Waals surface area contributed by atoms with Gasteiger partial charge < -0.3 is 14.4 Å². The summed E-state index contributed by atoms with van der Waals surface area (Å²) < 4.78 is 40.2.